The summed E-state index contributed by atoms with van der Waals surface area (Å²) in [6, 6.07) is 13.4. The zero-order valence-electron chi connectivity index (χ0n) is 20.5. The van der Waals surface area contributed by atoms with Crippen molar-refractivity contribution in [3.63, 3.8) is 0 Å². The van der Waals surface area contributed by atoms with Gasteiger partial charge in [0.05, 0.1) is 17.4 Å². The molecule has 5 heteroatoms. The van der Waals surface area contributed by atoms with E-state index in [0.29, 0.717) is 28.8 Å². The summed E-state index contributed by atoms with van der Waals surface area (Å²) in [5.41, 5.74) is 4.42. The largest absolute Gasteiger partial charge is 0.491 e. The Morgan fingerprint density at radius 1 is 0.909 bits per heavy atom. The van der Waals surface area contributed by atoms with Gasteiger partial charge in [0, 0.05) is 13.1 Å². The van der Waals surface area contributed by atoms with E-state index in [9.17, 15) is 9.59 Å². The maximum Gasteiger partial charge on any atom is 0.282 e. The first-order valence-electron chi connectivity index (χ1n) is 11.9. The van der Waals surface area contributed by atoms with Gasteiger partial charge in [-0.1, -0.05) is 43.7 Å². The number of carbonyl (C=O) groups excluding carboxylic acids is 2. The van der Waals surface area contributed by atoms with E-state index in [1.165, 1.54) is 4.90 Å². The predicted molar refractivity (Wildman–Crippen MR) is 132 cm³/mol. The number of piperidine rings is 1. The number of aryl methyl sites for hydroxylation is 2. The second kappa shape index (κ2) is 9.05. The minimum absolute atomic E-state index is 0.0663. The Bertz CT molecular complexity index is 1090. The van der Waals surface area contributed by atoms with Crippen LogP contribution in [0, 0.1) is 25.7 Å². The molecule has 1 saturated heterocycles. The molecule has 4 rings (SSSR count). The smallest absolute Gasteiger partial charge is 0.282 e. The highest BCUT2D eigenvalue weighted by Gasteiger charge is 2.44. The first-order chi connectivity index (χ1) is 15.7. The molecule has 0 radical (unpaired) electrons. The number of nitrogens with zero attached hydrogens (tertiary/aromatic N) is 2. The average Bonchev–Trinajstić information content (AvgIpc) is 2.98. The third-order valence-electron chi connectivity index (χ3n) is 6.35. The summed E-state index contributed by atoms with van der Waals surface area (Å²) in [6.07, 6.45) is 1.19. The van der Waals surface area contributed by atoms with Gasteiger partial charge in [0.15, 0.2) is 0 Å². The molecule has 2 aliphatic rings. The first kappa shape index (κ1) is 23.1. The molecular weight excluding hydrogens is 412 g/mol. The van der Waals surface area contributed by atoms with Crippen molar-refractivity contribution in [2.75, 3.05) is 18.0 Å². The maximum absolute atomic E-state index is 13.8. The number of likely N-dealkylation sites (tertiary alicyclic amines) is 1. The Balaban J connectivity index is 1.81. The van der Waals surface area contributed by atoms with Crippen molar-refractivity contribution in [3.8, 4) is 5.75 Å². The number of anilines is 1. The van der Waals surface area contributed by atoms with Gasteiger partial charge in [-0.15, -0.1) is 0 Å². The Hall–Kier alpha value is -3.08. The molecule has 33 heavy (non-hydrogen) atoms. The highest BCUT2D eigenvalue weighted by atomic mass is 16.5. The lowest BCUT2D eigenvalue weighted by Gasteiger charge is -2.37. The van der Waals surface area contributed by atoms with E-state index >= 15 is 0 Å². The van der Waals surface area contributed by atoms with E-state index in [0.717, 1.165) is 42.0 Å². The van der Waals surface area contributed by atoms with Crippen LogP contribution in [0.15, 0.2) is 48.2 Å². The fourth-order valence-corrected chi connectivity index (χ4v) is 5.16. The Labute approximate surface area is 197 Å². The first-order valence-corrected chi connectivity index (χ1v) is 11.9. The molecule has 2 heterocycles. The van der Waals surface area contributed by atoms with Gasteiger partial charge >= 0.3 is 0 Å². The van der Waals surface area contributed by atoms with Crippen LogP contribution in [-0.4, -0.2) is 35.9 Å². The third-order valence-corrected chi connectivity index (χ3v) is 6.35. The van der Waals surface area contributed by atoms with Crippen LogP contribution in [0.2, 0.25) is 0 Å². The van der Waals surface area contributed by atoms with Gasteiger partial charge in [0.1, 0.15) is 11.4 Å². The Morgan fingerprint density at radius 3 is 2.12 bits per heavy atom. The SMILES string of the molecule is Cc1ccc(N2C(=O)C(c3ccc(OC(C)C)cc3)=C(N3CC(C)CC(C)C3)C2=O)c(C)c1. The van der Waals surface area contributed by atoms with Crippen LogP contribution in [0.1, 0.15) is 50.8 Å². The second-order valence-electron chi connectivity index (χ2n) is 10.0. The van der Waals surface area contributed by atoms with Gasteiger partial charge in [-0.05, 0) is 75.3 Å². The number of ether oxygens (including phenoxy) is 1. The molecule has 2 unspecified atom stereocenters. The third kappa shape index (κ3) is 4.54. The Morgan fingerprint density at radius 2 is 1.55 bits per heavy atom. The van der Waals surface area contributed by atoms with E-state index in [4.69, 9.17) is 4.74 Å². The lowest BCUT2D eigenvalue weighted by molar-refractivity contribution is -0.120. The number of hydrogen-bond acceptors (Lipinski definition) is 4. The van der Waals surface area contributed by atoms with Crippen molar-refractivity contribution in [2.45, 2.75) is 54.1 Å². The van der Waals surface area contributed by atoms with Gasteiger partial charge in [0.25, 0.3) is 11.8 Å². The van der Waals surface area contributed by atoms with Crippen molar-refractivity contribution in [1.82, 2.24) is 4.90 Å². The fraction of sp³-hybridized carbons (Fsp3) is 0.429. The number of carbonyl (C=O) groups is 2. The van der Waals surface area contributed by atoms with Crippen LogP contribution < -0.4 is 9.64 Å². The van der Waals surface area contributed by atoms with Crippen LogP contribution in [-0.2, 0) is 9.59 Å². The summed E-state index contributed by atoms with van der Waals surface area (Å²) in [5, 5.41) is 0. The van der Waals surface area contributed by atoms with Crippen LogP contribution in [0.25, 0.3) is 5.57 Å². The molecule has 0 saturated carbocycles. The minimum Gasteiger partial charge on any atom is -0.491 e. The minimum atomic E-state index is -0.259. The summed E-state index contributed by atoms with van der Waals surface area (Å²) in [5.74, 6) is 1.18. The maximum atomic E-state index is 13.8. The molecule has 5 nitrogen and oxygen atoms in total. The van der Waals surface area contributed by atoms with Crippen LogP contribution in [0.5, 0.6) is 5.75 Å². The van der Waals surface area contributed by atoms with Crippen molar-refractivity contribution in [1.29, 1.82) is 0 Å². The number of hydrogen-bond donors (Lipinski definition) is 0. The lowest BCUT2D eigenvalue weighted by Crippen LogP contribution is -2.42. The van der Waals surface area contributed by atoms with E-state index in [1.54, 1.807) is 0 Å². The molecule has 2 aromatic rings. The number of benzene rings is 2. The normalized spacial score (nSPS) is 21.4. The summed E-state index contributed by atoms with van der Waals surface area (Å²) in [6.45, 7) is 13.9. The molecule has 174 valence electrons. The molecule has 0 spiro atoms. The lowest BCUT2D eigenvalue weighted by atomic mass is 9.91. The van der Waals surface area contributed by atoms with Gasteiger partial charge in [-0.2, -0.15) is 0 Å². The zero-order chi connectivity index (χ0) is 23.9. The van der Waals surface area contributed by atoms with Gasteiger partial charge in [-0.3, -0.25) is 9.59 Å². The molecule has 0 aromatic heterocycles. The molecule has 0 aliphatic carbocycles. The van der Waals surface area contributed by atoms with E-state index < -0.39 is 0 Å². The molecule has 0 N–H and O–H groups in total. The van der Waals surface area contributed by atoms with E-state index in [-0.39, 0.29) is 17.9 Å². The van der Waals surface area contributed by atoms with Gasteiger partial charge < -0.3 is 9.64 Å². The van der Waals surface area contributed by atoms with Crippen molar-refractivity contribution >= 4 is 23.1 Å². The van der Waals surface area contributed by atoms with Gasteiger partial charge in [-0.25, -0.2) is 4.90 Å². The molecule has 1 fully saturated rings. The van der Waals surface area contributed by atoms with E-state index in [1.807, 2.05) is 70.2 Å². The molecule has 2 aromatic carbocycles. The van der Waals surface area contributed by atoms with Crippen LogP contribution in [0.4, 0.5) is 5.69 Å². The van der Waals surface area contributed by atoms with Crippen LogP contribution in [0.3, 0.4) is 0 Å². The zero-order valence-corrected chi connectivity index (χ0v) is 20.5. The monoisotopic (exact) mass is 446 g/mol. The molecule has 0 bridgehead atoms. The summed E-state index contributed by atoms with van der Waals surface area (Å²) in [4.78, 5) is 31.2. The predicted octanol–water partition coefficient (Wildman–Crippen LogP) is 5.35. The molecule has 2 atom stereocenters. The molecule has 2 aliphatic heterocycles. The summed E-state index contributed by atoms with van der Waals surface area (Å²) in [7, 11) is 0. The number of imide groups is 1. The number of rotatable bonds is 5. The topological polar surface area (TPSA) is 49.9 Å². The van der Waals surface area contributed by atoms with Crippen molar-refractivity contribution in [3.05, 3.63) is 64.9 Å². The summed E-state index contributed by atoms with van der Waals surface area (Å²) >= 11 is 0. The highest BCUT2D eigenvalue weighted by molar-refractivity contribution is 6.45. The quantitative estimate of drug-likeness (QED) is 0.581. The fourth-order valence-electron chi connectivity index (χ4n) is 5.16. The highest BCUT2D eigenvalue weighted by Crippen LogP contribution is 2.38. The van der Waals surface area contributed by atoms with Crippen molar-refractivity contribution < 1.29 is 14.3 Å². The Kier molecular flexibility index (Phi) is 6.33. The second-order valence-corrected chi connectivity index (χ2v) is 10.0. The molecular formula is C28H34N2O3. The van der Waals surface area contributed by atoms with Gasteiger partial charge in [0.2, 0.25) is 0 Å². The van der Waals surface area contributed by atoms with E-state index in [2.05, 4.69) is 18.7 Å². The van der Waals surface area contributed by atoms with Crippen LogP contribution >= 0.6 is 0 Å². The van der Waals surface area contributed by atoms with Crippen molar-refractivity contribution in [2.24, 2.45) is 11.8 Å². The number of amides is 2. The summed E-state index contributed by atoms with van der Waals surface area (Å²) < 4.78 is 5.78. The average molecular weight is 447 g/mol. The standard InChI is InChI=1S/C28H34N2O3/c1-17(2)33-23-10-8-22(9-11-23)25-26(29-15-19(4)13-20(5)16-29)28(32)30(27(25)31)24-12-7-18(3)14-21(24)6/h7-12,14,17,19-20H,13,15-16H2,1-6H3. The molecule has 2 amide bonds.